The van der Waals surface area contributed by atoms with Crippen LogP contribution in [0.1, 0.15) is 0 Å². The maximum absolute atomic E-state index is 11.5. The number of ether oxygens (including phenoxy) is 3. The van der Waals surface area contributed by atoms with Crippen molar-refractivity contribution in [2.75, 3.05) is 32.8 Å². The van der Waals surface area contributed by atoms with Crippen LogP contribution in [0, 0.1) is 10.1 Å². The van der Waals surface area contributed by atoms with Crippen molar-refractivity contribution >= 4 is 44.0 Å². The summed E-state index contributed by atoms with van der Waals surface area (Å²) < 4.78 is 16.6. The van der Waals surface area contributed by atoms with Gasteiger partial charge in [-0.2, -0.15) is 0 Å². The summed E-state index contributed by atoms with van der Waals surface area (Å²) in [5, 5.41) is 15.2. The summed E-state index contributed by atoms with van der Waals surface area (Å²) in [5.74, 6) is 1.14. The number of hydrogen-bond acceptors (Lipinski definition) is 8. The van der Waals surface area contributed by atoms with E-state index in [1.54, 1.807) is 13.2 Å². The van der Waals surface area contributed by atoms with Gasteiger partial charge in [0.15, 0.2) is 5.75 Å². The summed E-state index contributed by atoms with van der Waals surface area (Å²) >= 11 is 3.41. The van der Waals surface area contributed by atoms with Crippen molar-refractivity contribution < 1.29 is 19.1 Å². The molecule has 0 spiro atoms. The fraction of sp³-hybridized carbons (Fsp3) is 0.222. The molecule has 0 aliphatic carbocycles. The number of nitro groups is 1. The van der Waals surface area contributed by atoms with Crippen molar-refractivity contribution in [1.82, 2.24) is 9.97 Å². The lowest BCUT2D eigenvalue weighted by Crippen LogP contribution is -2.06. The van der Waals surface area contributed by atoms with E-state index < -0.39 is 4.92 Å². The lowest BCUT2D eigenvalue weighted by atomic mass is 10.2. The quantitative estimate of drug-likeness (QED) is 0.311. The van der Waals surface area contributed by atoms with Gasteiger partial charge in [0.05, 0.1) is 35.2 Å². The van der Waals surface area contributed by atoms with Crippen LogP contribution in [0.4, 0.5) is 17.2 Å². The topological polar surface area (TPSA) is 109 Å². The van der Waals surface area contributed by atoms with Crippen LogP contribution < -0.4 is 14.8 Å². The van der Waals surface area contributed by atoms with E-state index in [0.29, 0.717) is 34.8 Å². The van der Waals surface area contributed by atoms with E-state index in [2.05, 4.69) is 31.2 Å². The average molecular weight is 449 g/mol. The maximum Gasteiger partial charge on any atom is 0.311 e. The van der Waals surface area contributed by atoms with Crippen LogP contribution in [0.3, 0.4) is 0 Å². The van der Waals surface area contributed by atoms with Crippen LogP contribution in [-0.4, -0.2) is 42.3 Å². The molecule has 10 heteroatoms. The summed E-state index contributed by atoms with van der Waals surface area (Å²) in [7, 11) is 3.08. The van der Waals surface area contributed by atoms with Crippen LogP contribution in [0.2, 0.25) is 0 Å². The number of aromatic nitrogens is 2. The molecular weight excluding hydrogens is 432 g/mol. The van der Waals surface area contributed by atoms with E-state index in [9.17, 15) is 10.1 Å². The number of nitrogens with one attached hydrogen (secondary N) is 1. The number of nitrogens with zero attached hydrogens (tertiary/aromatic N) is 3. The van der Waals surface area contributed by atoms with Crippen LogP contribution in [0.15, 0.2) is 41.1 Å². The predicted molar refractivity (Wildman–Crippen MR) is 108 cm³/mol. The minimum atomic E-state index is -0.502. The highest BCUT2D eigenvalue weighted by molar-refractivity contribution is 9.10. The van der Waals surface area contributed by atoms with Gasteiger partial charge in [-0.1, -0.05) is 15.9 Å². The fourth-order valence-corrected chi connectivity index (χ4v) is 2.93. The van der Waals surface area contributed by atoms with E-state index in [0.717, 1.165) is 4.47 Å². The van der Waals surface area contributed by atoms with Gasteiger partial charge < -0.3 is 19.5 Å². The monoisotopic (exact) mass is 448 g/mol. The molecule has 2 aromatic carbocycles. The van der Waals surface area contributed by atoms with Gasteiger partial charge in [0.25, 0.3) is 0 Å². The first-order valence-electron chi connectivity index (χ1n) is 8.19. The van der Waals surface area contributed by atoms with Gasteiger partial charge in [-0.25, -0.2) is 9.97 Å². The normalized spacial score (nSPS) is 10.7. The first kappa shape index (κ1) is 19.8. The Kier molecular flexibility index (Phi) is 6.22. The molecule has 0 saturated heterocycles. The second-order valence-corrected chi connectivity index (χ2v) is 6.54. The molecule has 0 saturated carbocycles. The van der Waals surface area contributed by atoms with Crippen molar-refractivity contribution in [3.05, 3.63) is 51.2 Å². The van der Waals surface area contributed by atoms with Crippen molar-refractivity contribution in [1.29, 1.82) is 0 Å². The Bertz CT molecular complexity index is 1010. The van der Waals surface area contributed by atoms with Crippen LogP contribution >= 0.6 is 15.9 Å². The summed E-state index contributed by atoms with van der Waals surface area (Å²) in [6.07, 6.45) is 1.37. The second-order valence-electron chi connectivity index (χ2n) is 5.63. The number of nitro benzene ring substituents is 1. The SMILES string of the molecule is COCCOc1cc2ncnc(Nc3cc(Br)ccc3OC)c2cc1[N+](=O)[O-]. The Hall–Kier alpha value is -2.98. The van der Waals surface area contributed by atoms with Crippen molar-refractivity contribution in [2.24, 2.45) is 0 Å². The zero-order valence-electron chi connectivity index (χ0n) is 15.1. The van der Waals surface area contributed by atoms with Gasteiger partial charge >= 0.3 is 5.69 Å². The standard InChI is InChI=1S/C18H17BrN4O5/c1-26-5-6-28-17-9-13-12(8-15(17)23(24)25)18(21-10-20-13)22-14-7-11(19)3-4-16(14)27-2/h3-4,7-10H,5-6H2,1-2H3,(H,20,21,22). The van der Waals surface area contributed by atoms with Crippen molar-refractivity contribution in [3.8, 4) is 11.5 Å². The van der Waals surface area contributed by atoms with Gasteiger partial charge in [0, 0.05) is 23.7 Å². The molecule has 0 aliphatic heterocycles. The molecule has 0 atom stereocenters. The number of fused-ring (bicyclic) bond motifs is 1. The van der Waals surface area contributed by atoms with Crippen molar-refractivity contribution in [3.63, 3.8) is 0 Å². The molecular formula is C18H17BrN4O5. The Morgan fingerprint density at radius 3 is 2.68 bits per heavy atom. The van der Waals surface area contributed by atoms with Gasteiger partial charge in [-0.05, 0) is 18.2 Å². The highest BCUT2D eigenvalue weighted by Gasteiger charge is 2.20. The van der Waals surface area contributed by atoms with Gasteiger partial charge in [-0.3, -0.25) is 10.1 Å². The lowest BCUT2D eigenvalue weighted by Gasteiger charge is -2.13. The van der Waals surface area contributed by atoms with E-state index in [4.69, 9.17) is 14.2 Å². The van der Waals surface area contributed by atoms with E-state index >= 15 is 0 Å². The smallest absolute Gasteiger partial charge is 0.311 e. The summed E-state index contributed by atoms with van der Waals surface area (Å²) in [6.45, 7) is 0.503. The zero-order valence-corrected chi connectivity index (χ0v) is 16.7. The molecule has 0 amide bonds. The highest BCUT2D eigenvalue weighted by atomic mass is 79.9. The Balaban J connectivity index is 2.06. The second kappa shape index (κ2) is 8.81. The van der Waals surface area contributed by atoms with Crippen LogP contribution in [-0.2, 0) is 4.74 Å². The first-order valence-corrected chi connectivity index (χ1v) is 8.98. The maximum atomic E-state index is 11.5. The zero-order chi connectivity index (χ0) is 20.1. The number of anilines is 2. The third-order valence-electron chi connectivity index (χ3n) is 3.87. The number of benzene rings is 2. The Morgan fingerprint density at radius 1 is 1.14 bits per heavy atom. The fourth-order valence-electron chi connectivity index (χ4n) is 2.57. The van der Waals surface area contributed by atoms with Crippen LogP contribution in [0.5, 0.6) is 11.5 Å². The summed E-state index contributed by atoms with van der Waals surface area (Å²) in [5.41, 5.74) is 0.979. The lowest BCUT2D eigenvalue weighted by molar-refractivity contribution is -0.385. The molecule has 146 valence electrons. The molecule has 1 heterocycles. The number of hydrogen-bond donors (Lipinski definition) is 1. The molecule has 1 aromatic heterocycles. The van der Waals surface area contributed by atoms with Gasteiger partial charge in [0.2, 0.25) is 0 Å². The highest BCUT2D eigenvalue weighted by Crippen LogP contribution is 2.36. The van der Waals surface area contributed by atoms with E-state index in [1.807, 2.05) is 12.1 Å². The summed E-state index contributed by atoms with van der Waals surface area (Å²) in [6, 6.07) is 8.37. The Labute approximate surface area is 168 Å². The summed E-state index contributed by atoms with van der Waals surface area (Å²) in [4.78, 5) is 19.5. The number of halogens is 1. The predicted octanol–water partition coefficient (Wildman–Crippen LogP) is 4.08. The Morgan fingerprint density at radius 2 is 1.96 bits per heavy atom. The molecule has 3 aromatic rings. The molecule has 1 N–H and O–H groups in total. The minimum absolute atomic E-state index is 0.124. The van der Waals surface area contributed by atoms with Crippen LogP contribution in [0.25, 0.3) is 10.9 Å². The number of rotatable bonds is 8. The molecule has 3 rings (SSSR count). The molecule has 0 aliphatic rings. The van der Waals surface area contributed by atoms with Gasteiger partial charge in [-0.15, -0.1) is 0 Å². The molecule has 0 radical (unpaired) electrons. The van der Waals surface area contributed by atoms with Gasteiger partial charge in [0.1, 0.15) is 24.5 Å². The van der Waals surface area contributed by atoms with E-state index in [-0.39, 0.29) is 18.0 Å². The first-order chi connectivity index (χ1) is 13.5. The average Bonchev–Trinajstić information content (AvgIpc) is 2.68. The molecule has 28 heavy (non-hydrogen) atoms. The largest absolute Gasteiger partial charge is 0.495 e. The number of methoxy groups -OCH3 is 2. The van der Waals surface area contributed by atoms with Crippen molar-refractivity contribution in [2.45, 2.75) is 0 Å². The molecule has 0 unspecified atom stereocenters. The third-order valence-corrected chi connectivity index (χ3v) is 4.37. The third kappa shape index (κ3) is 4.29. The molecule has 9 nitrogen and oxygen atoms in total. The van der Waals surface area contributed by atoms with E-state index in [1.165, 1.54) is 25.6 Å². The minimum Gasteiger partial charge on any atom is -0.495 e. The molecule has 0 fully saturated rings. The molecule has 0 bridgehead atoms.